The van der Waals surface area contributed by atoms with Gasteiger partial charge < -0.3 is 10.0 Å². The molecule has 0 aliphatic carbocycles. The molecule has 7 heteroatoms. The van der Waals surface area contributed by atoms with Gasteiger partial charge >= 0.3 is 0 Å². The SMILES string of the molecule is CC(C)N(CCCO)C(=O)/C=C/c1c(Cl)nc2sccn12. The van der Waals surface area contributed by atoms with Gasteiger partial charge in [0, 0.05) is 36.8 Å². The third-order valence-electron chi connectivity index (χ3n) is 3.10. The van der Waals surface area contributed by atoms with Crippen LogP contribution in [0, 0.1) is 0 Å². The van der Waals surface area contributed by atoms with Crippen molar-refractivity contribution < 1.29 is 9.90 Å². The number of aliphatic hydroxyl groups is 1. The topological polar surface area (TPSA) is 57.8 Å². The highest BCUT2D eigenvalue weighted by molar-refractivity contribution is 7.15. The number of nitrogens with zero attached hydrogens (tertiary/aromatic N) is 3. The molecule has 114 valence electrons. The smallest absolute Gasteiger partial charge is 0.246 e. The summed E-state index contributed by atoms with van der Waals surface area (Å²) in [5.74, 6) is -0.0975. The molecule has 2 aromatic rings. The minimum absolute atomic E-state index is 0.0736. The molecule has 0 unspecified atom stereocenters. The number of imidazole rings is 1. The van der Waals surface area contributed by atoms with E-state index in [1.165, 1.54) is 17.4 Å². The number of hydrogen-bond donors (Lipinski definition) is 1. The number of thiazole rings is 1. The molecule has 0 saturated heterocycles. The number of aromatic nitrogens is 2. The van der Waals surface area contributed by atoms with Gasteiger partial charge in [0.05, 0.1) is 5.69 Å². The number of rotatable bonds is 6. The Morgan fingerprint density at radius 3 is 3.05 bits per heavy atom. The second kappa shape index (κ2) is 7.06. The third kappa shape index (κ3) is 3.64. The summed E-state index contributed by atoms with van der Waals surface area (Å²) in [5, 5.41) is 11.2. The van der Waals surface area contributed by atoms with E-state index in [4.69, 9.17) is 16.7 Å². The van der Waals surface area contributed by atoms with Crippen LogP contribution >= 0.6 is 22.9 Å². The summed E-state index contributed by atoms with van der Waals surface area (Å²) in [6.07, 6.45) is 5.63. The molecule has 0 atom stereocenters. The minimum atomic E-state index is -0.0975. The molecular weight excluding hydrogens is 310 g/mol. The fourth-order valence-corrected chi connectivity index (χ4v) is 3.04. The number of fused-ring (bicyclic) bond motifs is 1. The maximum Gasteiger partial charge on any atom is 0.246 e. The molecule has 2 heterocycles. The molecule has 0 aliphatic heterocycles. The van der Waals surface area contributed by atoms with E-state index in [1.54, 1.807) is 11.0 Å². The zero-order valence-electron chi connectivity index (χ0n) is 12.0. The Labute approximate surface area is 132 Å². The van der Waals surface area contributed by atoms with Gasteiger partial charge in [0.15, 0.2) is 10.1 Å². The third-order valence-corrected chi connectivity index (χ3v) is 4.14. The predicted molar refractivity (Wildman–Crippen MR) is 85.7 cm³/mol. The van der Waals surface area contributed by atoms with Crippen LogP contribution < -0.4 is 0 Å². The number of carbonyl (C=O) groups excluding carboxylic acids is 1. The number of aliphatic hydroxyl groups excluding tert-OH is 1. The maximum atomic E-state index is 12.3. The van der Waals surface area contributed by atoms with Gasteiger partial charge in [-0.15, -0.1) is 11.3 Å². The monoisotopic (exact) mass is 327 g/mol. The molecule has 0 bridgehead atoms. The van der Waals surface area contributed by atoms with Gasteiger partial charge in [0.1, 0.15) is 0 Å². The first-order valence-corrected chi connectivity index (χ1v) is 8.01. The van der Waals surface area contributed by atoms with Crippen molar-refractivity contribution in [3.63, 3.8) is 0 Å². The molecule has 2 aromatic heterocycles. The lowest BCUT2D eigenvalue weighted by Gasteiger charge is -2.25. The van der Waals surface area contributed by atoms with E-state index in [2.05, 4.69) is 4.98 Å². The lowest BCUT2D eigenvalue weighted by Crippen LogP contribution is -2.36. The highest BCUT2D eigenvalue weighted by Crippen LogP contribution is 2.22. The largest absolute Gasteiger partial charge is 0.396 e. The second-order valence-electron chi connectivity index (χ2n) is 4.88. The van der Waals surface area contributed by atoms with Crippen molar-refractivity contribution in [3.05, 3.63) is 28.5 Å². The maximum absolute atomic E-state index is 12.3. The van der Waals surface area contributed by atoms with Crippen molar-refractivity contribution in [2.45, 2.75) is 26.3 Å². The molecule has 1 amide bonds. The van der Waals surface area contributed by atoms with E-state index < -0.39 is 0 Å². The van der Waals surface area contributed by atoms with Crippen LogP contribution in [0.2, 0.25) is 5.15 Å². The number of amides is 1. The lowest BCUT2D eigenvalue weighted by atomic mass is 10.2. The average Bonchev–Trinajstić information content (AvgIpc) is 2.97. The molecule has 1 N–H and O–H groups in total. The molecule has 0 aliphatic rings. The summed E-state index contributed by atoms with van der Waals surface area (Å²) in [6, 6.07) is 0.0794. The summed E-state index contributed by atoms with van der Waals surface area (Å²) < 4.78 is 1.85. The normalized spacial score (nSPS) is 11.9. The van der Waals surface area contributed by atoms with Crippen LogP contribution in [0.4, 0.5) is 0 Å². The van der Waals surface area contributed by atoms with Gasteiger partial charge in [-0.2, -0.15) is 0 Å². The predicted octanol–water partition coefficient (Wildman–Crippen LogP) is 2.68. The first kappa shape index (κ1) is 16.0. The first-order chi connectivity index (χ1) is 10.0. The lowest BCUT2D eigenvalue weighted by molar-refractivity contribution is -0.127. The number of carbonyl (C=O) groups is 1. The van der Waals surface area contributed by atoms with E-state index in [-0.39, 0.29) is 18.6 Å². The Morgan fingerprint density at radius 2 is 2.38 bits per heavy atom. The molecule has 5 nitrogen and oxygen atoms in total. The standard InChI is InChI=1S/C14H18ClN3O2S/c1-10(2)17(6-3-8-19)12(20)5-4-11-13(15)16-14-18(11)7-9-21-14/h4-5,7,9-10,19H,3,6,8H2,1-2H3/b5-4+. The average molecular weight is 328 g/mol. The summed E-state index contributed by atoms with van der Waals surface area (Å²) in [4.78, 5) is 19.0. The van der Waals surface area contributed by atoms with Crippen LogP contribution in [0.1, 0.15) is 26.0 Å². The van der Waals surface area contributed by atoms with Crippen LogP contribution in [0.5, 0.6) is 0 Å². The van der Waals surface area contributed by atoms with Crippen LogP contribution in [0.15, 0.2) is 17.7 Å². The molecular formula is C14H18ClN3O2S. The summed E-state index contributed by atoms with van der Waals surface area (Å²) in [6.45, 7) is 4.51. The van der Waals surface area contributed by atoms with Crippen molar-refractivity contribution in [2.75, 3.05) is 13.2 Å². The quantitative estimate of drug-likeness (QED) is 0.830. The Bertz CT molecular complexity index is 648. The van der Waals surface area contributed by atoms with Crippen molar-refractivity contribution in [1.29, 1.82) is 0 Å². The summed E-state index contributed by atoms with van der Waals surface area (Å²) in [7, 11) is 0. The van der Waals surface area contributed by atoms with Gasteiger partial charge in [-0.3, -0.25) is 9.20 Å². The molecule has 0 fully saturated rings. The Hall–Kier alpha value is -1.37. The highest BCUT2D eigenvalue weighted by Gasteiger charge is 2.15. The second-order valence-corrected chi connectivity index (χ2v) is 6.11. The van der Waals surface area contributed by atoms with E-state index in [0.717, 1.165) is 4.96 Å². The Balaban J connectivity index is 2.17. The van der Waals surface area contributed by atoms with E-state index in [1.807, 2.05) is 29.8 Å². The Kier molecular flexibility index (Phi) is 5.39. The number of halogens is 1. The van der Waals surface area contributed by atoms with Crippen molar-refractivity contribution in [2.24, 2.45) is 0 Å². The van der Waals surface area contributed by atoms with Crippen molar-refractivity contribution in [3.8, 4) is 0 Å². The van der Waals surface area contributed by atoms with E-state index in [9.17, 15) is 4.79 Å². The minimum Gasteiger partial charge on any atom is -0.396 e. The first-order valence-electron chi connectivity index (χ1n) is 6.75. The van der Waals surface area contributed by atoms with Crippen LogP contribution in [-0.2, 0) is 4.79 Å². The zero-order valence-corrected chi connectivity index (χ0v) is 13.6. The molecule has 2 rings (SSSR count). The fraction of sp³-hybridized carbons (Fsp3) is 0.429. The van der Waals surface area contributed by atoms with Gasteiger partial charge in [-0.1, -0.05) is 11.6 Å². The van der Waals surface area contributed by atoms with E-state index >= 15 is 0 Å². The molecule has 0 radical (unpaired) electrons. The number of hydrogen-bond acceptors (Lipinski definition) is 4. The van der Waals surface area contributed by atoms with Gasteiger partial charge in [-0.25, -0.2) is 4.98 Å². The summed E-state index contributed by atoms with van der Waals surface area (Å²) >= 11 is 7.57. The van der Waals surface area contributed by atoms with Crippen LogP contribution in [0.25, 0.3) is 11.0 Å². The van der Waals surface area contributed by atoms with E-state index in [0.29, 0.717) is 23.8 Å². The fourth-order valence-electron chi connectivity index (χ4n) is 2.04. The molecule has 21 heavy (non-hydrogen) atoms. The van der Waals surface area contributed by atoms with Gasteiger partial charge in [0.2, 0.25) is 5.91 Å². The van der Waals surface area contributed by atoms with Gasteiger partial charge in [-0.05, 0) is 26.3 Å². The van der Waals surface area contributed by atoms with Crippen LogP contribution in [0.3, 0.4) is 0 Å². The summed E-state index contributed by atoms with van der Waals surface area (Å²) in [5.41, 5.74) is 0.701. The van der Waals surface area contributed by atoms with Crippen molar-refractivity contribution >= 4 is 39.9 Å². The molecule has 0 saturated carbocycles. The Morgan fingerprint density at radius 1 is 1.62 bits per heavy atom. The zero-order chi connectivity index (χ0) is 15.4. The van der Waals surface area contributed by atoms with Crippen LogP contribution in [-0.4, -0.2) is 44.5 Å². The van der Waals surface area contributed by atoms with Crippen molar-refractivity contribution in [1.82, 2.24) is 14.3 Å². The van der Waals surface area contributed by atoms with Gasteiger partial charge in [0.25, 0.3) is 0 Å². The molecule has 0 spiro atoms. The highest BCUT2D eigenvalue weighted by atomic mass is 35.5. The molecule has 0 aromatic carbocycles.